The van der Waals surface area contributed by atoms with Crippen LogP contribution in [-0.2, 0) is 13.0 Å². The zero-order valence-corrected chi connectivity index (χ0v) is 19.3. The lowest BCUT2D eigenvalue weighted by Crippen LogP contribution is -2.15. The molecular weight excluding hydrogens is 435 g/mol. The topological polar surface area (TPSA) is 78.3 Å². The number of amides is 1. The summed E-state index contributed by atoms with van der Waals surface area (Å²) in [6.45, 7) is 0.839. The molecule has 2 heterocycles. The Bertz CT molecular complexity index is 1190. The van der Waals surface area contributed by atoms with Crippen molar-refractivity contribution in [3.05, 3.63) is 53.6 Å². The number of carbonyl (C=O) groups is 1. The molecular formula is C26H29FN4O3. The summed E-state index contributed by atoms with van der Waals surface area (Å²) in [6.07, 6.45) is 8.75. The molecule has 178 valence electrons. The Hall–Kier alpha value is -3.42. The Morgan fingerprint density at radius 1 is 1.03 bits per heavy atom. The van der Waals surface area contributed by atoms with Gasteiger partial charge in [-0.25, -0.2) is 4.39 Å². The van der Waals surface area contributed by atoms with Crippen LogP contribution in [0.5, 0.6) is 11.5 Å². The van der Waals surface area contributed by atoms with E-state index >= 15 is 0 Å². The molecule has 1 amide bonds. The van der Waals surface area contributed by atoms with Crippen molar-refractivity contribution in [3.8, 4) is 22.9 Å². The van der Waals surface area contributed by atoms with Gasteiger partial charge in [-0.05, 0) is 74.9 Å². The second-order valence-electron chi connectivity index (χ2n) is 8.94. The van der Waals surface area contributed by atoms with Gasteiger partial charge < -0.3 is 19.4 Å². The van der Waals surface area contributed by atoms with Crippen molar-refractivity contribution < 1.29 is 18.7 Å². The summed E-state index contributed by atoms with van der Waals surface area (Å²) in [5, 5.41) is 11.4. The van der Waals surface area contributed by atoms with Gasteiger partial charge in [-0.1, -0.05) is 6.42 Å². The van der Waals surface area contributed by atoms with Crippen LogP contribution in [0.2, 0.25) is 0 Å². The van der Waals surface area contributed by atoms with Crippen molar-refractivity contribution in [2.24, 2.45) is 0 Å². The number of methoxy groups -OCH3 is 1. The lowest BCUT2D eigenvalue weighted by Gasteiger charge is -2.16. The van der Waals surface area contributed by atoms with E-state index in [9.17, 15) is 9.18 Å². The maximum Gasteiger partial charge on any atom is 0.255 e. The van der Waals surface area contributed by atoms with Gasteiger partial charge in [0.25, 0.3) is 5.91 Å². The number of benzene rings is 2. The molecule has 2 aliphatic rings. The molecule has 3 aromatic rings. The maximum atomic E-state index is 14.6. The lowest BCUT2D eigenvalue weighted by atomic mass is 10.1. The third-order valence-corrected chi connectivity index (χ3v) is 6.60. The number of nitrogens with zero attached hydrogens (tertiary/aromatic N) is 3. The average Bonchev–Trinajstić information content (AvgIpc) is 3.45. The van der Waals surface area contributed by atoms with Crippen molar-refractivity contribution in [2.45, 2.75) is 64.0 Å². The number of rotatable bonds is 6. The molecule has 0 radical (unpaired) electrons. The minimum atomic E-state index is -0.513. The number of aromatic nitrogens is 3. The van der Waals surface area contributed by atoms with Crippen LogP contribution in [0.1, 0.15) is 61.1 Å². The molecule has 0 saturated heterocycles. The van der Waals surface area contributed by atoms with Crippen LogP contribution < -0.4 is 14.8 Å². The van der Waals surface area contributed by atoms with Crippen LogP contribution in [0.15, 0.2) is 36.4 Å². The molecule has 0 spiro atoms. The van der Waals surface area contributed by atoms with Gasteiger partial charge in [0.1, 0.15) is 11.6 Å². The Morgan fingerprint density at radius 3 is 2.71 bits per heavy atom. The van der Waals surface area contributed by atoms with Gasteiger partial charge in [0.15, 0.2) is 17.3 Å². The standard InChI is InChI=1S/C26H29FN4O3/c1-33-23-16-18(11-13-22(23)34-19-7-4-5-8-19)26(32)28-21-15-17(10-12-20(21)27)25-30-29-24-9-3-2-6-14-31(24)25/h10-13,15-16,19H,2-9,14H2,1H3,(H,28,32). The van der Waals surface area contributed by atoms with Crippen LogP contribution in [0.4, 0.5) is 10.1 Å². The summed E-state index contributed by atoms with van der Waals surface area (Å²) in [5.41, 5.74) is 1.17. The first-order chi connectivity index (χ1) is 16.6. The van der Waals surface area contributed by atoms with E-state index in [1.165, 1.54) is 6.07 Å². The molecule has 1 N–H and O–H groups in total. The van der Waals surface area contributed by atoms with E-state index in [4.69, 9.17) is 9.47 Å². The molecule has 7 nitrogen and oxygen atoms in total. The number of nitrogens with one attached hydrogen (secondary N) is 1. The number of carbonyl (C=O) groups excluding carboxylic acids is 1. The number of aryl methyl sites for hydroxylation is 1. The smallest absolute Gasteiger partial charge is 0.255 e. The van der Waals surface area contributed by atoms with Gasteiger partial charge in [-0.2, -0.15) is 0 Å². The summed E-state index contributed by atoms with van der Waals surface area (Å²) >= 11 is 0. The van der Waals surface area contributed by atoms with Crippen LogP contribution in [0.25, 0.3) is 11.4 Å². The fourth-order valence-corrected chi connectivity index (χ4v) is 4.75. The van der Waals surface area contributed by atoms with Gasteiger partial charge in [-0.3, -0.25) is 4.79 Å². The average molecular weight is 465 g/mol. The van der Waals surface area contributed by atoms with Crippen molar-refractivity contribution in [2.75, 3.05) is 12.4 Å². The first-order valence-corrected chi connectivity index (χ1v) is 12.0. The SMILES string of the molecule is COc1cc(C(=O)Nc2cc(-c3nnc4n3CCCCC4)ccc2F)ccc1OC1CCCC1. The molecule has 1 fully saturated rings. The Labute approximate surface area is 198 Å². The molecule has 8 heteroatoms. The number of hydrogen-bond donors (Lipinski definition) is 1. The van der Waals surface area contributed by atoms with Gasteiger partial charge in [0, 0.05) is 24.1 Å². The second-order valence-corrected chi connectivity index (χ2v) is 8.94. The molecule has 1 aliphatic heterocycles. The largest absolute Gasteiger partial charge is 0.493 e. The first kappa shape index (κ1) is 22.4. The van der Waals surface area contributed by atoms with Gasteiger partial charge in [-0.15, -0.1) is 10.2 Å². The summed E-state index contributed by atoms with van der Waals surface area (Å²) in [5.74, 6) is 1.81. The summed E-state index contributed by atoms with van der Waals surface area (Å²) in [6, 6.07) is 9.67. The molecule has 5 rings (SSSR count). The van der Waals surface area contributed by atoms with Crippen molar-refractivity contribution >= 4 is 11.6 Å². The van der Waals surface area contributed by atoms with E-state index in [0.717, 1.165) is 69.3 Å². The van der Waals surface area contributed by atoms with E-state index in [0.29, 0.717) is 22.9 Å². The van der Waals surface area contributed by atoms with Gasteiger partial charge in [0.05, 0.1) is 18.9 Å². The Morgan fingerprint density at radius 2 is 1.88 bits per heavy atom. The quantitative estimate of drug-likeness (QED) is 0.529. The number of fused-ring (bicyclic) bond motifs is 1. The first-order valence-electron chi connectivity index (χ1n) is 12.0. The highest BCUT2D eigenvalue weighted by atomic mass is 19.1. The normalized spacial score (nSPS) is 16.1. The molecule has 2 aromatic carbocycles. The Balaban J connectivity index is 1.36. The lowest BCUT2D eigenvalue weighted by molar-refractivity contribution is 0.102. The van der Waals surface area contributed by atoms with Crippen LogP contribution in [-0.4, -0.2) is 33.9 Å². The molecule has 1 aromatic heterocycles. The summed E-state index contributed by atoms with van der Waals surface area (Å²) in [4.78, 5) is 13.0. The highest BCUT2D eigenvalue weighted by Crippen LogP contribution is 2.33. The van der Waals surface area contributed by atoms with E-state index in [2.05, 4.69) is 20.1 Å². The molecule has 0 bridgehead atoms. The highest BCUT2D eigenvalue weighted by molar-refractivity contribution is 6.05. The summed E-state index contributed by atoms with van der Waals surface area (Å²) < 4.78 is 28.2. The molecule has 1 aliphatic carbocycles. The minimum Gasteiger partial charge on any atom is -0.493 e. The number of hydrogen-bond acceptors (Lipinski definition) is 5. The number of anilines is 1. The zero-order chi connectivity index (χ0) is 23.5. The van der Waals surface area contributed by atoms with Crippen molar-refractivity contribution in [1.82, 2.24) is 14.8 Å². The van der Waals surface area contributed by atoms with Crippen LogP contribution in [0.3, 0.4) is 0 Å². The monoisotopic (exact) mass is 464 g/mol. The molecule has 0 atom stereocenters. The number of halogens is 1. The zero-order valence-electron chi connectivity index (χ0n) is 19.3. The van der Waals surface area contributed by atoms with E-state index in [1.54, 1.807) is 37.4 Å². The highest BCUT2D eigenvalue weighted by Gasteiger charge is 2.21. The van der Waals surface area contributed by atoms with Crippen molar-refractivity contribution in [3.63, 3.8) is 0 Å². The molecule has 0 unspecified atom stereocenters. The van der Waals surface area contributed by atoms with Crippen LogP contribution >= 0.6 is 0 Å². The fraction of sp³-hybridized carbons (Fsp3) is 0.423. The van der Waals surface area contributed by atoms with Crippen LogP contribution in [0, 0.1) is 5.82 Å². The van der Waals surface area contributed by atoms with Crippen molar-refractivity contribution in [1.29, 1.82) is 0 Å². The fourth-order valence-electron chi connectivity index (χ4n) is 4.75. The van der Waals surface area contributed by atoms with E-state index in [1.807, 2.05) is 0 Å². The predicted octanol–water partition coefficient (Wildman–Crippen LogP) is 5.39. The number of ether oxygens (including phenoxy) is 2. The molecule has 34 heavy (non-hydrogen) atoms. The minimum absolute atomic E-state index is 0.0960. The maximum absolute atomic E-state index is 14.6. The predicted molar refractivity (Wildman–Crippen MR) is 127 cm³/mol. The second kappa shape index (κ2) is 9.83. The van der Waals surface area contributed by atoms with E-state index < -0.39 is 11.7 Å². The van der Waals surface area contributed by atoms with E-state index in [-0.39, 0.29) is 11.8 Å². The molecule has 1 saturated carbocycles. The third kappa shape index (κ3) is 4.62. The third-order valence-electron chi connectivity index (χ3n) is 6.60. The Kier molecular flexibility index (Phi) is 6.47. The van der Waals surface area contributed by atoms with Gasteiger partial charge >= 0.3 is 0 Å². The summed E-state index contributed by atoms with van der Waals surface area (Å²) in [7, 11) is 1.54. The van der Waals surface area contributed by atoms with Gasteiger partial charge in [0.2, 0.25) is 0 Å².